The van der Waals surface area contributed by atoms with Crippen molar-refractivity contribution in [3.8, 4) is 0 Å². The van der Waals surface area contributed by atoms with Crippen LogP contribution in [-0.2, 0) is 17.9 Å². The molecule has 0 spiro atoms. The fourth-order valence-electron chi connectivity index (χ4n) is 5.08. The molecule has 0 unspecified atom stereocenters. The van der Waals surface area contributed by atoms with Crippen LogP contribution in [0, 0.1) is 6.92 Å². The van der Waals surface area contributed by atoms with E-state index in [-0.39, 0.29) is 0 Å². The summed E-state index contributed by atoms with van der Waals surface area (Å²) in [5.41, 5.74) is 3.93. The van der Waals surface area contributed by atoms with E-state index < -0.39 is 0 Å². The summed E-state index contributed by atoms with van der Waals surface area (Å²) in [6.45, 7) is 6.06. The van der Waals surface area contributed by atoms with Crippen LogP contribution in [-0.4, -0.2) is 21.4 Å². The summed E-state index contributed by atoms with van der Waals surface area (Å²) in [6, 6.07) is 13.4. The summed E-state index contributed by atoms with van der Waals surface area (Å²) in [7, 11) is 0. The molecule has 0 aliphatic heterocycles. The van der Waals surface area contributed by atoms with Crippen molar-refractivity contribution in [3.63, 3.8) is 0 Å². The number of aromatic nitrogens is 1. The van der Waals surface area contributed by atoms with E-state index in [1.807, 2.05) is 0 Å². The number of hydrogen-bond acceptors (Lipinski definition) is 1. The van der Waals surface area contributed by atoms with Crippen molar-refractivity contribution in [2.24, 2.45) is 0 Å². The highest BCUT2D eigenvalue weighted by Crippen LogP contribution is 2.26. The van der Waals surface area contributed by atoms with Crippen molar-refractivity contribution in [1.82, 2.24) is 9.47 Å². The van der Waals surface area contributed by atoms with Crippen molar-refractivity contribution in [2.75, 3.05) is 0 Å². The Morgan fingerprint density at radius 3 is 2.41 bits per heavy atom. The number of rotatable bonds is 13. The van der Waals surface area contributed by atoms with Gasteiger partial charge in [-0.1, -0.05) is 89.0 Å². The van der Waals surface area contributed by atoms with Crippen molar-refractivity contribution >= 4 is 5.91 Å². The summed E-state index contributed by atoms with van der Waals surface area (Å²) < 4.78 is 2.33. The lowest BCUT2D eigenvalue weighted by Gasteiger charge is -2.35. The molecule has 1 aliphatic carbocycles. The Labute approximate surface area is 196 Å². The second kappa shape index (κ2) is 13.5. The molecule has 1 amide bonds. The standard InChI is InChI=1S/C29H44N2O/c1-3-4-5-6-7-8-12-21-29(32)31(27-18-10-9-11-19-27)24-28-20-15-22-30(28)23-26-17-14-13-16-25(26)2/h13-17,20,22,27H,3-12,18-19,21,23-24H2,1-2H3. The van der Waals surface area contributed by atoms with Gasteiger partial charge in [0.15, 0.2) is 0 Å². The first kappa shape index (κ1) is 24.6. The highest BCUT2D eigenvalue weighted by molar-refractivity contribution is 5.76. The van der Waals surface area contributed by atoms with E-state index in [4.69, 9.17) is 0 Å². The van der Waals surface area contributed by atoms with E-state index in [2.05, 4.69) is 65.9 Å². The van der Waals surface area contributed by atoms with Gasteiger partial charge in [-0.3, -0.25) is 4.79 Å². The Morgan fingerprint density at radius 1 is 0.938 bits per heavy atom. The van der Waals surface area contributed by atoms with Crippen LogP contribution in [0.1, 0.15) is 107 Å². The molecule has 0 saturated heterocycles. The minimum Gasteiger partial charge on any atom is -0.345 e. The topological polar surface area (TPSA) is 25.2 Å². The number of nitrogens with zero attached hydrogens (tertiary/aromatic N) is 2. The smallest absolute Gasteiger partial charge is 0.223 e. The second-order valence-electron chi connectivity index (χ2n) is 9.74. The average Bonchev–Trinajstić information content (AvgIpc) is 3.25. The van der Waals surface area contributed by atoms with E-state index in [9.17, 15) is 4.79 Å². The third-order valence-electron chi connectivity index (χ3n) is 7.19. The Balaban J connectivity index is 1.61. The molecule has 0 bridgehead atoms. The van der Waals surface area contributed by atoms with Crippen LogP contribution in [0.5, 0.6) is 0 Å². The van der Waals surface area contributed by atoms with Crippen LogP contribution in [0.25, 0.3) is 0 Å². The molecule has 0 radical (unpaired) electrons. The molecule has 176 valence electrons. The molecule has 0 atom stereocenters. The molecule has 3 rings (SSSR count). The van der Waals surface area contributed by atoms with Gasteiger partial charge in [-0.25, -0.2) is 0 Å². The van der Waals surface area contributed by atoms with Gasteiger partial charge < -0.3 is 9.47 Å². The average molecular weight is 437 g/mol. The molecular formula is C29H44N2O. The molecule has 3 heteroatoms. The summed E-state index contributed by atoms with van der Waals surface area (Å²) in [4.78, 5) is 15.6. The zero-order chi connectivity index (χ0) is 22.6. The van der Waals surface area contributed by atoms with Gasteiger partial charge in [-0.05, 0) is 49.4 Å². The van der Waals surface area contributed by atoms with Gasteiger partial charge in [0.25, 0.3) is 0 Å². The van der Waals surface area contributed by atoms with Gasteiger partial charge >= 0.3 is 0 Å². The Kier molecular flexibility index (Phi) is 10.4. The third-order valence-corrected chi connectivity index (χ3v) is 7.19. The monoisotopic (exact) mass is 436 g/mol. The molecular weight excluding hydrogens is 392 g/mol. The first-order chi connectivity index (χ1) is 15.7. The fraction of sp³-hybridized carbons (Fsp3) is 0.621. The number of benzene rings is 1. The number of unbranched alkanes of at least 4 members (excludes halogenated alkanes) is 6. The van der Waals surface area contributed by atoms with Crippen LogP contribution in [0.3, 0.4) is 0 Å². The Morgan fingerprint density at radius 2 is 1.66 bits per heavy atom. The van der Waals surface area contributed by atoms with Crippen molar-refractivity contribution in [1.29, 1.82) is 0 Å². The molecule has 1 aromatic carbocycles. The number of carbonyl (C=O) groups is 1. The van der Waals surface area contributed by atoms with E-state index >= 15 is 0 Å². The largest absolute Gasteiger partial charge is 0.345 e. The maximum Gasteiger partial charge on any atom is 0.223 e. The van der Waals surface area contributed by atoms with Gasteiger partial charge in [0.05, 0.1) is 6.54 Å². The zero-order valence-corrected chi connectivity index (χ0v) is 20.5. The van der Waals surface area contributed by atoms with Gasteiger partial charge in [-0.15, -0.1) is 0 Å². The lowest BCUT2D eigenvalue weighted by Crippen LogP contribution is -2.41. The summed E-state index contributed by atoms with van der Waals surface area (Å²) in [5, 5.41) is 0. The van der Waals surface area contributed by atoms with Crippen molar-refractivity contribution in [3.05, 3.63) is 59.4 Å². The number of amides is 1. The molecule has 3 nitrogen and oxygen atoms in total. The molecule has 1 aromatic heterocycles. The highest BCUT2D eigenvalue weighted by Gasteiger charge is 2.26. The van der Waals surface area contributed by atoms with Gasteiger partial charge in [0.1, 0.15) is 0 Å². The molecule has 1 heterocycles. The predicted octanol–water partition coefficient (Wildman–Crippen LogP) is 7.65. The fourth-order valence-corrected chi connectivity index (χ4v) is 5.08. The first-order valence-corrected chi connectivity index (χ1v) is 13.2. The summed E-state index contributed by atoms with van der Waals surface area (Å²) >= 11 is 0. The first-order valence-electron chi connectivity index (χ1n) is 13.2. The van der Waals surface area contributed by atoms with Crippen LogP contribution >= 0.6 is 0 Å². The summed E-state index contributed by atoms with van der Waals surface area (Å²) in [5.74, 6) is 0.370. The molecule has 0 N–H and O–H groups in total. The number of carbonyl (C=O) groups excluding carboxylic acids is 1. The van der Waals surface area contributed by atoms with E-state index in [1.54, 1.807) is 0 Å². The lowest BCUT2D eigenvalue weighted by atomic mass is 9.93. The zero-order valence-electron chi connectivity index (χ0n) is 20.5. The van der Waals surface area contributed by atoms with Crippen LogP contribution in [0.4, 0.5) is 0 Å². The van der Waals surface area contributed by atoms with Crippen LogP contribution < -0.4 is 0 Å². The quantitative estimate of drug-likeness (QED) is 0.296. The lowest BCUT2D eigenvalue weighted by molar-refractivity contribution is -0.135. The minimum atomic E-state index is 0.370. The molecule has 32 heavy (non-hydrogen) atoms. The predicted molar refractivity (Wildman–Crippen MR) is 135 cm³/mol. The SMILES string of the molecule is CCCCCCCCCC(=O)N(Cc1cccn1Cc1ccccc1C)C1CCCCC1. The minimum absolute atomic E-state index is 0.370. The van der Waals surface area contributed by atoms with Gasteiger partial charge in [-0.2, -0.15) is 0 Å². The van der Waals surface area contributed by atoms with E-state index in [0.717, 1.165) is 19.5 Å². The van der Waals surface area contributed by atoms with E-state index in [1.165, 1.54) is 87.4 Å². The van der Waals surface area contributed by atoms with Gasteiger partial charge in [0.2, 0.25) is 5.91 Å². The van der Waals surface area contributed by atoms with Crippen molar-refractivity contribution < 1.29 is 4.79 Å². The van der Waals surface area contributed by atoms with Gasteiger partial charge in [0, 0.05) is 30.9 Å². The normalized spacial score (nSPS) is 14.6. The van der Waals surface area contributed by atoms with E-state index in [0.29, 0.717) is 18.4 Å². The van der Waals surface area contributed by atoms with Crippen LogP contribution in [0.2, 0.25) is 0 Å². The molecule has 2 aromatic rings. The number of hydrogen-bond donors (Lipinski definition) is 0. The maximum atomic E-state index is 13.3. The van der Waals surface area contributed by atoms with Crippen LogP contribution in [0.15, 0.2) is 42.6 Å². The number of aryl methyl sites for hydroxylation is 1. The molecule has 1 aliphatic rings. The molecule has 1 saturated carbocycles. The Hall–Kier alpha value is -2.03. The molecule has 1 fully saturated rings. The van der Waals surface area contributed by atoms with Crippen molar-refractivity contribution in [2.45, 2.75) is 116 Å². The summed E-state index contributed by atoms with van der Waals surface area (Å²) in [6.07, 6.45) is 17.9. The highest BCUT2D eigenvalue weighted by atomic mass is 16.2. The maximum absolute atomic E-state index is 13.3. The second-order valence-corrected chi connectivity index (χ2v) is 9.74. The third kappa shape index (κ3) is 7.53. The Bertz CT molecular complexity index is 803.